The maximum absolute atomic E-state index is 13.8. The van der Waals surface area contributed by atoms with E-state index in [2.05, 4.69) is 15.4 Å². The summed E-state index contributed by atoms with van der Waals surface area (Å²) in [4.78, 5) is 16.7. The Hall–Kier alpha value is -4.21. The van der Waals surface area contributed by atoms with Gasteiger partial charge in [-0.25, -0.2) is 9.07 Å². The third-order valence-corrected chi connectivity index (χ3v) is 4.79. The van der Waals surface area contributed by atoms with Crippen LogP contribution in [0, 0.1) is 5.82 Å². The Morgan fingerprint density at radius 3 is 2.35 bits per heavy atom. The van der Waals surface area contributed by atoms with Crippen molar-refractivity contribution in [2.45, 2.75) is 13.1 Å². The lowest BCUT2D eigenvalue weighted by Crippen LogP contribution is -2.13. The van der Waals surface area contributed by atoms with Crippen molar-refractivity contribution in [1.82, 2.24) is 14.8 Å². The Bertz CT molecular complexity index is 1300. The molecule has 0 radical (unpaired) electrons. The van der Waals surface area contributed by atoms with Crippen LogP contribution < -0.4 is 10.1 Å². The van der Waals surface area contributed by atoms with Crippen LogP contribution in [0.4, 0.5) is 23.2 Å². The lowest BCUT2D eigenvalue weighted by atomic mass is 10.1. The fraction of sp³-hybridized carbons (Fsp3) is 0.125. The summed E-state index contributed by atoms with van der Waals surface area (Å²) in [7, 11) is 0. The van der Waals surface area contributed by atoms with Crippen molar-refractivity contribution in [3.05, 3.63) is 89.7 Å². The lowest BCUT2D eigenvalue weighted by molar-refractivity contribution is -0.137. The molecule has 1 heterocycles. The van der Waals surface area contributed by atoms with Gasteiger partial charge in [0.25, 0.3) is 5.91 Å². The van der Waals surface area contributed by atoms with E-state index in [1.807, 2.05) is 0 Å². The molecule has 0 atom stereocenters. The van der Waals surface area contributed by atoms with Gasteiger partial charge in [-0.2, -0.15) is 18.2 Å². The molecule has 0 aliphatic carbocycles. The number of nitrogens with zero attached hydrogens (tertiary/aromatic N) is 3. The number of rotatable bonds is 6. The Balaban J connectivity index is 1.56. The summed E-state index contributed by atoms with van der Waals surface area (Å²) in [5.74, 6) is -0.614. The molecule has 0 aliphatic heterocycles. The number of alkyl halides is 3. The van der Waals surface area contributed by atoms with E-state index >= 15 is 0 Å². The highest BCUT2D eigenvalue weighted by atomic mass is 19.4. The molecule has 1 amide bonds. The molecule has 1 N–H and O–H groups in total. The Morgan fingerprint density at radius 1 is 1.03 bits per heavy atom. The number of anilines is 1. The number of benzene rings is 3. The van der Waals surface area contributed by atoms with Crippen molar-refractivity contribution in [1.29, 1.82) is 0 Å². The Kier molecular flexibility index (Phi) is 6.31. The van der Waals surface area contributed by atoms with Gasteiger partial charge in [0.2, 0.25) is 0 Å². The number of ether oxygens (including phenoxy) is 1. The highest BCUT2D eigenvalue weighted by Crippen LogP contribution is 2.29. The molecular formula is C24H18F4N4O2. The molecular weight excluding hydrogens is 452 g/mol. The van der Waals surface area contributed by atoms with E-state index in [4.69, 9.17) is 4.74 Å². The first-order chi connectivity index (χ1) is 16.2. The highest BCUT2D eigenvalue weighted by Gasteiger charge is 2.30. The summed E-state index contributed by atoms with van der Waals surface area (Å²) >= 11 is 0. The van der Waals surface area contributed by atoms with E-state index < -0.39 is 23.5 Å². The monoisotopic (exact) mass is 470 g/mol. The second-order valence-corrected chi connectivity index (χ2v) is 7.15. The number of carbonyl (C=O) groups excluding carboxylic acids is 1. The predicted octanol–water partition coefficient (Wildman–Crippen LogP) is 5.74. The topological polar surface area (TPSA) is 69.0 Å². The van der Waals surface area contributed by atoms with Gasteiger partial charge in [0, 0.05) is 16.8 Å². The maximum Gasteiger partial charge on any atom is 0.416 e. The van der Waals surface area contributed by atoms with Crippen molar-refractivity contribution in [2.24, 2.45) is 0 Å². The molecule has 1 aromatic heterocycles. The minimum absolute atomic E-state index is 0.0862. The number of hydrogen-bond acceptors (Lipinski definition) is 4. The van der Waals surface area contributed by atoms with E-state index in [-0.39, 0.29) is 11.6 Å². The Labute approximate surface area is 191 Å². The summed E-state index contributed by atoms with van der Waals surface area (Å²) < 4.78 is 58.8. The van der Waals surface area contributed by atoms with Crippen molar-refractivity contribution in [3.63, 3.8) is 0 Å². The van der Waals surface area contributed by atoms with E-state index in [0.29, 0.717) is 29.4 Å². The first kappa shape index (κ1) is 23.0. The molecule has 0 aliphatic rings. The minimum atomic E-state index is -4.47. The number of nitrogens with one attached hydrogen (secondary N) is 1. The first-order valence-electron chi connectivity index (χ1n) is 10.2. The summed E-state index contributed by atoms with van der Waals surface area (Å²) in [6.07, 6.45) is -4.47. The van der Waals surface area contributed by atoms with Gasteiger partial charge < -0.3 is 10.1 Å². The van der Waals surface area contributed by atoms with Crippen molar-refractivity contribution >= 4 is 11.6 Å². The average molecular weight is 470 g/mol. The molecule has 10 heteroatoms. The first-order valence-corrected chi connectivity index (χ1v) is 10.2. The van der Waals surface area contributed by atoms with E-state index in [0.717, 1.165) is 24.3 Å². The molecule has 4 rings (SSSR count). The van der Waals surface area contributed by atoms with Crippen LogP contribution in [0.25, 0.3) is 17.1 Å². The lowest BCUT2D eigenvalue weighted by Gasteiger charge is -2.10. The summed E-state index contributed by atoms with van der Waals surface area (Å²) in [6.45, 7) is 2.14. The molecule has 6 nitrogen and oxygen atoms in total. The Morgan fingerprint density at radius 2 is 1.74 bits per heavy atom. The zero-order valence-corrected chi connectivity index (χ0v) is 17.8. The van der Waals surface area contributed by atoms with Gasteiger partial charge in [0.15, 0.2) is 5.82 Å². The molecule has 0 spiro atoms. The second kappa shape index (κ2) is 9.34. The summed E-state index contributed by atoms with van der Waals surface area (Å²) in [5.41, 5.74) is 0.749. The van der Waals surface area contributed by atoms with Crippen LogP contribution in [-0.4, -0.2) is 27.3 Å². The van der Waals surface area contributed by atoms with Gasteiger partial charge >= 0.3 is 12.2 Å². The van der Waals surface area contributed by atoms with Crippen molar-refractivity contribution in [3.8, 4) is 23.1 Å². The van der Waals surface area contributed by atoms with Crippen LogP contribution in [0.15, 0.2) is 72.8 Å². The van der Waals surface area contributed by atoms with E-state index in [9.17, 15) is 22.4 Å². The third kappa shape index (κ3) is 5.06. The molecule has 0 bridgehead atoms. The highest BCUT2D eigenvalue weighted by molar-refractivity contribution is 6.04. The van der Waals surface area contributed by atoms with Crippen LogP contribution >= 0.6 is 0 Å². The van der Waals surface area contributed by atoms with Crippen LogP contribution in [-0.2, 0) is 6.18 Å². The number of hydrogen-bond donors (Lipinski definition) is 1. The van der Waals surface area contributed by atoms with Gasteiger partial charge in [-0.1, -0.05) is 12.1 Å². The number of carbonyl (C=O) groups is 1. The van der Waals surface area contributed by atoms with Gasteiger partial charge in [0.05, 0.1) is 17.9 Å². The van der Waals surface area contributed by atoms with Gasteiger partial charge in [-0.05, 0) is 67.6 Å². The third-order valence-electron chi connectivity index (χ3n) is 4.79. The van der Waals surface area contributed by atoms with Gasteiger partial charge in [-0.3, -0.25) is 4.79 Å². The molecule has 0 fully saturated rings. The molecule has 3 aromatic carbocycles. The normalized spacial score (nSPS) is 11.3. The van der Waals surface area contributed by atoms with Crippen molar-refractivity contribution in [2.75, 3.05) is 11.9 Å². The summed E-state index contributed by atoms with van der Waals surface area (Å²) in [5, 5.41) is 6.96. The standard InChI is InChI=1S/C24H18F4N4O2/c1-2-34-23-30-21(16-4-3-5-18(25)14-16)32(31-23)20-12-10-19(11-13-20)29-22(33)15-6-8-17(9-7-15)24(26,27)28/h3-14H,2H2,1H3,(H,29,33). The molecule has 0 saturated heterocycles. The van der Waals surface area contributed by atoms with Crippen LogP contribution in [0.3, 0.4) is 0 Å². The number of halogens is 4. The second-order valence-electron chi connectivity index (χ2n) is 7.15. The molecule has 174 valence electrons. The molecule has 34 heavy (non-hydrogen) atoms. The van der Waals surface area contributed by atoms with Crippen LogP contribution in [0.5, 0.6) is 6.01 Å². The van der Waals surface area contributed by atoms with Crippen LogP contribution in [0.2, 0.25) is 0 Å². The quantitative estimate of drug-likeness (QED) is 0.365. The van der Waals surface area contributed by atoms with E-state index in [1.54, 1.807) is 43.3 Å². The van der Waals surface area contributed by atoms with E-state index in [1.165, 1.54) is 16.8 Å². The van der Waals surface area contributed by atoms with Gasteiger partial charge in [-0.15, -0.1) is 5.10 Å². The van der Waals surface area contributed by atoms with Gasteiger partial charge in [0.1, 0.15) is 5.82 Å². The molecule has 0 saturated carbocycles. The molecule has 0 unspecified atom stereocenters. The predicted molar refractivity (Wildman–Crippen MR) is 117 cm³/mol. The number of aromatic nitrogens is 3. The van der Waals surface area contributed by atoms with Crippen LogP contribution in [0.1, 0.15) is 22.8 Å². The average Bonchev–Trinajstić information content (AvgIpc) is 3.23. The maximum atomic E-state index is 13.8. The summed E-state index contributed by atoms with van der Waals surface area (Å²) in [6, 6.07) is 16.5. The smallest absolute Gasteiger partial charge is 0.416 e. The van der Waals surface area contributed by atoms with Crippen molar-refractivity contribution < 1.29 is 27.1 Å². The number of amides is 1. The fourth-order valence-electron chi connectivity index (χ4n) is 3.18. The fourth-order valence-corrected chi connectivity index (χ4v) is 3.18. The zero-order chi connectivity index (χ0) is 24.3. The SMILES string of the molecule is CCOc1nc(-c2cccc(F)c2)n(-c2ccc(NC(=O)c3ccc(C(F)(F)F)cc3)cc2)n1. The largest absolute Gasteiger partial charge is 0.463 e. The molecule has 4 aromatic rings. The minimum Gasteiger partial charge on any atom is -0.463 e. The zero-order valence-electron chi connectivity index (χ0n) is 17.8.